The zero-order valence-corrected chi connectivity index (χ0v) is 17.4. The molecule has 29 heavy (non-hydrogen) atoms. The van der Waals surface area contributed by atoms with E-state index in [-0.39, 0.29) is 15.8 Å². The summed E-state index contributed by atoms with van der Waals surface area (Å²) in [6.07, 6.45) is 0.848. The summed E-state index contributed by atoms with van der Waals surface area (Å²) in [5.74, 6) is 0.597. The molecule has 3 aromatic rings. The maximum absolute atomic E-state index is 13.4. The predicted octanol–water partition coefficient (Wildman–Crippen LogP) is 3.88. The molecule has 152 valence electrons. The predicted molar refractivity (Wildman–Crippen MR) is 111 cm³/mol. The molecule has 1 saturated heterocycles. The van der Waals surface area contributed by atoms with Crippen LogP contribution in [-0.2, 0) is 21.0 Å². The first kappa shape index (κ1) is 19.7. The highest BCUT2D eigenvalue weighted by atomic mass is 32.2. The van der Waals surface area contributed by atoms with E-state index in [1.54, 1.807) is 12.1 Å². The number of anilines is 1. The topological polar surface area (TPSA) is 72.6 Å². The summed E-state index contributed by atoms with van der Waals surface area (Å²) in [5, 5.41) is -0.0399. The maximum atomic E-state index is 13.4. The second-order valence-electron chi connectivity index (χ2n) is 7.04. The Balaban J connectivity index is 1.84. The van der Waals surface area contributed by atoms with Gasteiger partial charge in [0.1, 0.15) is 0 Å². The van der Waals surface area contributed by atoms with Crippen molar-refractivity contribution in [3.8, 4) is 11.5 Å². The third-order valence-electron chi connectivity index (χ3n) is 5.15. The van der Waals surface area contributed by atoms with Gasteiger partial charge in [-0.15, -0.1) is 0 Å². The summed E-state index contributed by atoms with van der Waals surface area (Å²) in [6, 6.07) is 14.6. The Hall–Kier alpha value is -2.64. The lowest BCUT2D eigenvalue weighted by Gasteiger charge is -2.26. The fraction of sp³-hybridized carbons (Fsp3) is 0.318. The van der Waals surface area contributed by atoms with Gasteiger partial charge in [-0.05, 0) is 42.7 Å². The molecular formula is C22H24N2O4S. The molecule has 0 spiro atoms. The highest BCUT2D eigenvalue weighted by Crippen LogP contribution is 2.36. The first-order valence-electron chi connectivity index (χ1n) is 9.74. The Kier molecular flexibility index (Phi) is 5.43. The Morgan fingerprint density at radius 3 is 2.38 bits per heavy atom. The summed E-state index contributed by atoms with van der Waals surface area (Å²) in [6.45, 7) is 6.13. The van der Waals surface area contributed by atoms with Crippen LogP contribution in [-0.4, -0.2) is 39.7 Å². The lowest BCUT2D eigenvalue weighted by Crippen LogP contribution is -2.36. The van der Waals surface area contributed by atoms with E-state index in [1.807, 2.05) is 55.1 Å². The van der Waals surface area contributed by atoms with Gasteiger partial charge in [0.15, 0.2) is 0 Å². The summed E-state index contributed by atoms with van der Waals surface area (Å²) in [7, 11) is -3.83. The fourth-order valence-electron chi connectivity index (χ4n) is 3.38. The largest absolute Gasteiger partial charge is 0.419 e. The minimum absolute atomic E-state index is 0.0399. The van der Waals surface area contributed by atoms with Crippen LogP contribution in [0.4, 0.5) is 5.88 Å². The van der Waals surface area contributed by atoms with Crippen molar-refractivity contribution in [1.82, 2.24) is 4.98 Å². The van der Waals surface area contributed by atoms with Crippen molar-refractivity contribution in [3.05, 3.63) is 59.7 Å². The number of morpholine rings is 1. The lowest BCUT2D eigenvalue weighted by atomic mass is 10.1. The number of sulfone groups is 1. The molecule has 0 aliphatic carbocycles. The Bertz CT molecular complexity index is 1100. The van der Waals surface area contributed by atoms with E-state index < -0.39 is 9.84 Å². The number of rotatable bonds is 5. The van der Waals surface area contributed by atoms with Crippen LogP contribution >= 0.6 is 0 Å². The van der Waals surface area contributed by atoms with Crippen LogP contribution in [0.1, 0.15) is 18.1 Å². The number of ether oxygens (including phenoxy) is 1. The van der Waals surface area contributed by atoms with Crippen molar-refractivity contribution in [2.45, 2.75) is 30.2 Å². The summed E-state index contributed by atoms with van der Waals surface area (Å²) in [5.41, 5.74) is 2.83. The van der Waals surface area contributed by atoms with Crippen molar-refractivity contribution in [1.29, 1.82) is 0 Å². The fourth-order valence-corrected chi connectivity index (χ4v) is 4.70. The second kappa shape index (κ2) is 8.00. The number of aryl methyl sites for hydroxylation is 2. The number of hydrogen-bond acceptors (Lipinski definition) is 6. The van der Waals surface area contributed by atoms with Crippen molar-refractivity contribution in [3.63, 3.8) is 0 Å². The van der Waals surface area contributed by atoms with Gasteiger partial charge in [0, 0.05) is 18.7 Å². The van der Waals surface area contributed by atoms with Gasteiger partial charge in [-0.1, -0.05) is 37.3 Å². The maximum Gasteiger partial charge on any atom is 0.236 e. The molecule has 6 nitrogen and oxygen atoms in total. The second-order valence-corrected chi connectivity index (χ2v) is 8.91. The molecule has 2 aromatic carbocycles. The zero-order valence-electron chi connectivity index (χ0n) is 16.6. The zero-order chi connectivity index (χ0) is 20.4. The van der Waals surface area contributed by atoms with Crippen molar-refractivity contribution < 1.29 is 17.6 Å². The van der Waals surface area contributed by atoms with Crippen LogP contribution in [0, 0.1) is 6.92 Å². The third kappa shape index (κ3) is 3.80. The molecular weight excluding hydrogens is 388 g/mol. The first-order valence-corrected chi connectivity index (χ1v) is 11.2. The Morgan fingerprint density at radius 1 is 1.03 bits per heavy atom. The number of oxazole rings is 1. The molecule has 1 fully saturated rings. The van der Waals surface area contributed by atoms with E-state index in [0.29, 0.717) is 32.2 Å². The molecule has 0 saturated carbocycles. The highest BCUT2D eigenvalue weighted by molar-refractivity contribution is 7.91. The molecule has 1 aliphatic heterocycles. The standard InChI is InChI=1S/C22H24N2O4S/c1-3-17-8-10-18(11-9-17)29(25,26)21-22(24-12-14-27-15-13-24)28-20(23-21)19-7-5-4-6-16(19)2/h4-11H,3,12-15H2,1-2H3. The quantitative estimate of drug-likeness (QED) is 0.633. The van der Waals surface area contributed by atoms with E-state index in [0.717, 1.165) is 23.1 Å². The smallest absolute Gasteiger partial charge is 0.236 e. The minimum atomic E-state index is -3.83. The van der Waals surface area contributed by atoms with Crippen molar-refractivity contribution >= 4 is 15.7 Å². The molecule has 0 N–H and O–H groups in total. The van der Waals surface area contributed by atoms with Crippen LogP contribution < -0.4 is 4.90 Å². The highest BCUT2D eigenvalue weighted by Gasteiger charge is 2.32. The first-order chi connectivity index (χ1) is 14.0. The molecule has 4 rings (SSSR count). The van der Waals surface area contributed by atoms with Crippen LogP contribution in [0.5, 0.6) is 0 Å². The van der Waals surface area contributed by atoms with Crippen LogP contribution in [0.2, 0.25) is 0 Å². The Labute approximate surface area is 171 Å². The molecule has 0 unspecified atom stereocenters. The van der Waals surface area contributed by atoms with Gasteiger partial charge in [-0.25, -0.2) is 8.42 Å². The summed E-state index contributed by atoms with van der Waals surface area (Å²) in [4.78, 5) is 6.58. The number of benzene rings is 2. The SMILES string of the molecule is CCc1ccc(S(=O)(=O)c2nc(-c3ccccc3C)oc2N2CCOCC2)cc1. The minimum Gasteiger partial charge on any atom is -0.419 e. The van der Waals surface area contributed by atoms with Crippen molar-refractivity contribution in [2.24, 2.45) is 0 Å². The lowest BCUT2D eigenvalue weighted by molar-refractivity contribution is 0.120. The summed E-state index contributed by atoms with van der Waals surface area (Å²) >= 11 is 0. The van der Waals surface area contributed by atoms with Crippen LogP contribution in [0.15, 0.2) is 62.9 Å². The van der Waals surface area contributed by atoms with Gasteiger partial charge in [0.2, 0.25) is 26.6 Å². The molecule has 0 atom stereocenters. The average Bonchev–Trinajstić information content (AvgIpc) is 3.21. The monoisotopic (exact) mass is 412 g/mol. The molecule has 0 bridgehead atoms. The van der Waals surface area contributed by atoms with E-state index in [9.17, 15) is 8.42 Å². The van der Waals surface area contributed by atoms with Gasteiger partial charge >= 0.3 is 0 Å². The van der Waals surface area contributed by atoms with Crippen molar-refractivity contribution in [2.75, 3.05) is 31.2 Å². The summed E-state index contributed by atoms with van der Waals surface area (Å²) < 4.78 is 38.4. The van der Waals surface area contributed by atoms with Crippen LogP contribution in [0.3, 0.4) is 0 Å². The molecule has 2 heterocycles. The van der Waals surface area contributed by atoms with E-state index in [2.05, 4.69) is 4.98 Å². The van der Waals surface area contributed by atoms with Gasteiger partial charge in [-0.2, -0.15) is 4.98 Å². The van der Waals surface area contributed by atoms with Gasteiger partial charge in [-0.3, -0.25) is 0 Å². The molecule has 1 aliphatic rings. The molecule has 1 aromatic heterocycles. The number of nitrogens with zero attached hydrogens (tertiary/aromatic N) is 2. The van der Waals surface area contributed by atoms with Crippen LogP contribution in [0.25, 0.3) is 11.5 Å². The van der Waals surface area contributed by atoms with E-state index in [4.69, 9.17) is 9.15 Å². The van der Waals surface area contributed by atoms with Gasteiger partial charge in [0.25, 0.3) is 0 Å². The third-order valence-corrected chi connectivity index (χ3v) is 6.82. The molecule has 7 heteroatoms. The number of aromatic nitrogens is 1. The van der Waals surface area contributed by atoms with Gasteiger partial charge < -0.3 is 14.1 Å². The normalized spacial score (nSPS) is 14.9. The van der Waals surface area contributed by atoms with E-state index in [1.165, 1.54) is 0 Å². The number of hydrogen-bond donors (Lipinski definition) is 0. The average molecular weight is 413 g/mol. The Morgan fingerprint density at radius 2 is 1.72 bits per heavy atom. The van der Waals surface area contributed by atoms with E-state index >= 15 is 0 Å². The molecule has 0 amide bonds. The van der Waals surface area contributed by atoms with Gasteiger partial charge in [0.05, 0.1) is 18.1 Å². The molecule has 0 radical (unpaired) electrons.